The number of alkyl halides is 3. The highest BCUT2D eigenvalue weighted by Gasteiger charge is 2.41. The van der Waals surface area contributed by atoms with Gasteiger partial charge in [0.2, 0.25) is 0 Å². The first-order chi connectivity index (χ1) is 9.86. The lowest BCUT2D eigenvalue weighted by Gasteiger charge is -2.02. The second-order valence-corrected chi connectivity index (χ2v) is 5.52. The Balaban J connectivity index is 1.88. The number of nitrogens with zero attached hydrogens (tertiary/aromatic N) is 3. The van der Waals surface area contributed by atoms with Crippen LogP contribution < -0.4 is 0 Å². The van der Waals surface area contributed by atoms with Gasteiger partial charge in [0.25, 0.3) is 5.78 Å². The molecule has 0 saturated carbocycles. The van der Waals surface area contributed by atoms with Crippen LogP contribution in [0.25, 0.3) is 0 Å². The molecule has 0 atom stereocenters. The highest BCUT2D eigenvalue weighted by Crippen LogP contribution is 2.21. The number of benzene rings is 1. The number of aryl methyl sites for hydroxylation is 2. The van der Waals surface area contributed by atoms with E-state index >= 15 is 0 Å². The minimum Gasteiger partial charge on any atom is -0.282 e. The molecule has 0 unspecified atom stereocenters. The van der Waals surface area contributed by atoms with E-state index in [-0.39, 0.29) is 0 Å². The molecule has 4 nitrogen and oxygen atoms in total. The highest BCUT2D eigenvalue weighted by atomic mass is 32.2. The largest absolute Gasteiger partial charge is 0.456 e. The van der Waals surface area contributed by atoms with Crippen molar-refractivity contribution in [1.29, 1.82) is 0 Å². The Labute approximate surface area is 123 Å². The summed E-state index contributed by atoms with van der Waals surface area (Å²) in [7, 11) is 0. The molecule has 0 amide bonds. The summed E-state index contributed by atoms with van der Waals surface area (Å²) < 4.78 is 37.9. The van der Waals surface area contributed by atoms with Gasteiger partial charge in [-0.2, -0.15) is 13.2 Å². The molecule has 0 radical (unpaired) electrons. The summed E-state index contributed by atoms with van der Waals surface area (Å²) in [5.74, 6) is -1.36. The average Bonchev–Trinajstić information content (AvgIpc) is 2.88. The molecule has 0 aliphatic heterocycles. The molecule has 0 aliphatic rings. The van der Waals surface area contributed by atoms with Crippen LogP contribution in [-0.2, 0) is 6.54 Å². The van der Waals surface area contributed by atoms with Gasteiger partial charge >= 0.3 is 6.18 Å². The first-order valence-electron chi connectivity index (χ1n) is 6.07. The van der Waals surface area contributed by atoms with Crippen molar-refractivity contribution in [3.05, 3.63) is 41.7 Å². The number of halogens is 3. The minimum atomic E-state index is -4.92. The van der Waals surface area contributed by atoms with Crippen molar-refractivity contribution in [1.82, 2.24) is 15.0 Å². The van der Waals surface area contributed by atoms with Crippen LogP contribution in [0.3, 0.4) is 0 Å². The maximum Gasteiger partial charge on any atom is 0.456 e. The third-order valence-corrected chi connectivity index (χ3v) is 3.63. The van der Waals surface area contributed by atoms with Crippen LogP contribution >= 0.6 is 11.8 Å². The first kappa shape index (κ1) is 15.6. The molecule has 0 bridgehead atoms. The summed E-state index contributed by atoms with van der Waals surface area (Å²) in [5.41, 5.74) is 0.480. The molecular formula is C13H12F3N3OS. The number of hydrogen-bond donors (Lipinski definition) is 0. The van der Waals surface area contributed by atoms with Gasteiger partial charge in [0.15, 0.2) is 5.69 Å². The van der Waals surface area contributed by atoms with Crippen LogP contribution in [0.5, 0.6) is 0 Å². The fourth-order valence-corrected chi connectivity index (χ4v) is 2.39. The summed E-state index contributed by atoms with van der Waals surface area (Å²) in [5, 5.41) is 6.78. The smallest absolute Gasteiger partial charge is 0.282 e. The quantitative estimate of drug-likeness (QED) is 0.628. The van der Waals surface area contributed by atoms with Gasteiger partial charge in [0, 0.05) is 10.6 Å². The van der Waals surface area contributed by atoms with Crippen LogP contribution in [-0.4, -0.2) is 32.7 Å². The van der Waals surface area contributed by atoms with E-state index in [9.17, 15) is 18.0 Å². The monoisotopic (exact) mass is 315 g/mol. The molecule has 1 heterocycles. The summed E-state index contributed by atoms with van der Waals surface area (Å²) in [6, 6.07) is 7.91. The molecule has 0 aliphatic carbocycles. The number of carbonyl (C=O) groups is 1. The predicted molar refractivity (Wildman–Crippen MR) is 72.3 cm³/mol. The number of ketones is 1. The van der Waals surface area contributed by atoms with Crippen LogP contribution in [0.4, 0.5) is 13.2 Å². The third-order valence-electron chi connectivity index (χ3n) is 2.64. The lowest BCUT2D eigenvalue weighted by molar-refractivity contribution is -0.0888. The number of rotatable bonds is 5. The fourth-order valence-electron chi connectivity index (χ4n) is 1.55. The van der Waals surface area contributed by atoms with Crippen LogP contribution in [0, 0.1) is 6.92 Å². The van der Waals surface area contributed by atoms with Gasteiger partial charge in [-0.1, -0.05) is 22.9 Å². The minimum absolute atomic E-state index is 0.372. The molecule has 2 rings (SSSR count). The first-order valence-corrected chi connectivity index (χ1v) is 7.06. The Morgan fingerprint density at radius 2 is 1.95 bits per heavy atom. The molecule has 2 aromatic rings. The van der Waals surface area contributed by atoms with Gasteiger partial charge in [-0.25, -0.2) is 0 Å². The third kappa shape index (κ3) is 4.32. The zero-order valence-corrected chi connectivity index (χ0v) is 11.9. The van der Waals surface area contributed by atoms with E-state index in [1.165, 1.54) is 4.68 Å². The van der Waals surface area contributed by atoms with Gasteiger partial charge in [-0.05, 0) is 19.1 Å². The molecule has 0 spiro atoms. The molecular weight excluding hydrogens is 303 g/mol. The van der Waals surface area contributed by atoms with Crippen LogP contribution in [0.15, 0.2) is 35.4 Å². The molecule has 0 fully saturated rings. The van der Waals surface area contributed by atoms with Crippen molar-refractivity contribution >= 4 is 17.5 Å². The highest BCUT2D eigenvalue weighted by molar-refractivity contribution is 7.99. The average molecular weight is 315 g/mol. The lowest BCUT2D eigenvalue weighted by Crippen LogP contribution is -2.23. The topological polar surface area (TPSA) is 47.8 Å². The van der Waals surface area contributed by atoms with E-state index in [4.69, 9.17) is 0 Å². The SMILES string of the molecule is Cc1ccc(SCCn2cc(C(=O)C(F)(F)F)nn2)cc1. The molecule has 112 valence electrons. The summed E-state index contributed by atoms with van der Waals surface area (Å²) in [6.45, 7) is 2.36. The maximum atomic E-state index is 12.2. The summed E-state index contributed by atoms with van der Waals surface area (Å²) in [4.78, 5) is 12.0. The Morgan fingerprint density at radius 3 is 2.57 bits per heavy atom. The Hall–Kier alpha value is -1.83. The van der Waals surface area contributed by atoms with Crippen molar-refractivity contribution < 1.29 is 18.0 Å². The second kappa shape index (κ2) is 6.30. The number of thioether (sulfide) groups is 1. The zero-order valence-electron chi connectivity index (χ0n) is 11.1. The Bertz CT molecular complexity index is 622. The van der Waals surface area contributed by atoms with Crippen LogP contribution in [0.2, 0.25) is 0 Å². The number of carbonyl (C=O) groups excluding carboxylic acids is 1. The van der Waals surface area contributed by atoms with E-state index < -0.39 is 17.7 Å². The van der Waals surface area contributed by atoms with E-state index in [1.54, 1.807) is 11.8 Å². The molecule has 1 aromatic heterocycles. The Morgan fingerprint density at radius 1 is 1.29 bits per heavy atom. The normalized spacial score (nSPS) is 11.6. The fraction of sp³-hybridized carbons (Fsp3) is 0.308. The standard InChI is InChI=1S/C13H12F3N3OS/c1-9-2-4-10(5-3-9)21-7-6-19-8-11(17-18-19)12(20)13(14,15)16/h2-5,8H,6-7H2,1H3. The number of aromatic nitrogens is 3. The molecule has 1 aromatic carbocycles. The number of hydrogen-bond acceptors (Lipinski definition) is 4. The lowest BCUT2D eigenvalue weighted by atomic mass is 10.2. The Kier molecular flexibility index (Phi) is 4.66. The molecule has 21 heavy (non-hydrogen) atoms. The predicted octanol–water partition coefficient (Wildman–Crippen LogP) is 3.12. The number of Topliss-reactive ketones (excluding diaryl/α,β-unsaturated/α-hetero) is 1. The van der Waals surface area contributed by atoms with Crippen molar-refractivity contribution in [2.75, 3.05) is 5.75 Å². The summed E-state index contributed by atoms with van der Waals surface area (Å²) in [6.07, 6.45) is -3.90. The van der Waals surface area contributed by atoms with E-state index in [0.29, 0.717) is 12.3 Å². The van der Waals surface area contributed by atoms with Crippen molar-refractivity contribution in [3.63, 3.8) is 0 Å². The summed E-state index contributed by atoms with van der Waals surface area (Å²) >= 11 is 1.55. The molecule has 8 heteroatoms. The van der Waals surface area contributed by atoms with Crippen molar-refractivity contribution in [3.8, 4) is 0 Å². The van der Waals surface area contributed by atoms with Gasteiger partial charge < -0.3 is 0 Å². The second-order valence-electron chi connectivity index (χ2n) is 4.36. The van der Waals surface area contributed by atoms with Gasteiger partial charge in [0.05, 0.1) is 12.7 Å². The van der Waals surface area contributed by atoms with Gasteiger partial charge in [-0.3, -0.25) is 9.48 Å². The van der Waals surface area contributed by atoms with Crippen molar-refractivity contribution in [2.24, 2.45) is 0 Å². The molecule has 0 N–H and O–H groups in total. The van der Waals surface area contributed by atoms with E-state index in [2.05, 4.69) is 10.3 Å². The zero-order chi connectivity index (χ0) is 15.5. The van der Waals surface area contributed by atoms with E-state index in [0.717, 1.165) is 16.7 Å². The van der Waals surface area contributed by atoms with Gasteiger partial charge in [-0.15, -0.1) is 16.9 Å². The van der Waals surface area contributed by atoms with Crippen LogP contribution in [0.1, 0.15) is 16.1 Å². The van der Waals surface area contributed by atoms with Crippen molar-refractivity contribution in [2.45, 2.75) is 24.5 Å². The van der Waals surface area contributed by atoms with Gasteiger partial charge in [0.1, 0.15) is 0 Å². The maximum absolute atomic E-state index is 12.2. The van der Waals surface area contributed by atoms with E-state index in [1.807, 2.05) is 31.2 Å². The molecule has 0 saturated heterocycles.